The van der Waals surface area contributed by atoms with E-state index < -0.39 is 11.6 Å². The van der Waals surface area contributed by atoms with Gasteiger partial charge in [-0.1, -0.05) is 12.1 Å². The third kappa shape index (κ3) is 5.58. The van der Waals surface area contributed by atoms with Gasteiger partial charge in [-0.05, 0) is 36.8 Å². The number of nitrogens with one attached hydrogen (secondary N) is 2. The van der Waals surface area contributed by atoms with Crippen molar-refractivity contribution in [2.75, 3.05) is 18.5 Å². The van der Waals surface area contributed by atoms with Gasteiger partial charge >= 0.3 is 0 Å². The standard InChI is InChI=1S/C17H18F2N2O2/c1-2-20-17(22)11-23-16-5-3-12(4-6-16)10-21-15-8-13(18)7-14(19)9-15/h3-9,21H,2,10-11H2,1H3,(H,20,22). The van der Waals surface area contributed by atoms with Gasteiger partial charge in [-0.3, -0.25) is 4.79 Å². The molecule has 1 amide bonds. The highest BCUT2D eigenvalue weighted by molar-refractivity contribution is 5.77. The molecule has 0 fully saturated rings. The Morgan fingerprint density at radius 3 is 2.35 bits per heavy atom. The molecule has 0 aliphatic rings. The van der Waals surface area contributed by atoms with Crippen LogP contribution < -0.4 is 15.4 Å². The zero-order chi connectivity index (χ0) is 16.7. The number of anilines is 1. The minimum atomic E-state index is -0.624. The van der Waals surface area contributed by atoms with Crippen LogP contribution in [0.5, 0.6) is 5.75 Å². The fraction of sp³-hybridized carbons (Fsp3) is 0.235. The van der Waals surface area contributed by atoms with Gasteiger partial charge in [0.2, 0.25) is 0 Å². The molecule has 0 heterocycles. The summed E-state index contributed by atoms with van der Waals surface area (Å²) in [7, 11) is 0. The lowest BCUT2D eigenvalue weighted by Crippen LogP contribution is -2.28. The second-order valence-electron chi connectivity index (χ2n) is 4.90. The molecule has 0 saturated heterocycles. The normalized spacial score (nSPS) is 10.2. The molecule has 0 aromatic heterocycles. The van der Waals surface area contributed by atoms with Crippen LogP contribution in [0.15, 0.2) is 42.5 Å². The molecule has 2 aromatic rings. The summed E-state index contributed by atoms with van der Waals surface area (Å²) in [6.45, 7) is 2.78. The molecule has 6 heteroatoms. The first-order valence-corrected chi connectivity index (χ1v) is 7.25. The third-order valence-electron chi connectivity index (χ3n) is 3.03. The Balaban J connectivity index is 1.86. The van der Waals surface area contributed by atoms with E-state index in [9.17, 15) is 13.6 Å². The number of rotatable bonds is 7. The number of ether oxygens (including phenoxy) is 1. The molecule has 0 radical (unpaired) electrons. The quantitative estimate of drug-likeness (QED) is 0.824. The van der Waals surface area contributed by atoms with Crippen LogP contribution in [0.3, 0.4) is 0 Å². The minimum Gasteiger partial charge on any atom is -0.484 e. The number of benzene rings is 2. The minimum absolute atomic E-state index is 0.0337. The monoisotopic (exact) mass is 320 g/mol. The van der Waals surface area contributed by atoms with E-state index in [2.05, 4.69) is 10.6 Å². The van der Waals surface area contributed by atoms with Gasteiger partial charge in [0.05, 0.1) is 0 Å². The van der Waals surface area contributed by atoms with Gasteiger partial charge in [-0.25, -0.2) is 8.78 Å². The molecular weight excluding hydrogens is 302 g/mol. The summed E-state index contributed by atoms with van der Waals surface area (Å²) < 4.78 is 31.5. The van der Waals surface area contributed by atoms with Crippen molar-refractivity contribution in [1.29, 1.82) is 0 Å². The maximum Gasteiger partial charge on any atom is 0.257 e. The van der Waals surface area contributed by atoms with E-state index in [1.807, 2.05) is 19.1 Å². The summed E-state index contributed by atoms with van der Waals surface area (Å²) in [4.78, 5) is 11.3. The zero-order valence-electron chi connectivity index (χ0n) is 12.7. The van der Waals surface area contributed by atoms with Gasteiger partial charge in [0.25, 0.3) is 5.91 Å². The molecule has 0 aliphatic heterocycles. The number of hydrogen-bond donors (Lipinski definition) is 2. The number of carbonyl (C=O) groups is 1. The van der Waals surface area contributed by atoms with Crippen molar-refractivity contribution in [1.82, 2.24) is 5.32 Å². The fourth-order valence-corrected chi connectivity index (χ4v) is 1.96. The molecule has 0 saturated carbocycles. The Bertz CT molecular complexity index is 640. The Morgan fingerprint density at radius 1 is 1.09 bits per heavy atom. The Labute approximate surface area is 133 Å². The Kier molecular flexibility index (Phi) is 5.91. The fourth-order valence-electron chi connectivity index (χ4n) is 1.96. The molecular formula is C17H18F2N2O2. The van der Waals surface area contributed by atoms with Crippen molar-refractivity contribution in [3.8, 4) is 5.75 Å². The van der Waals surface area contributed by atoms with E-state index in [-0.39, 0.29) is 12.5 Å². The second kappa shape index (κ2) is 8.12. The van der Waals surface area contributed by atoms with E-state index in [1.54, 1.807) is 12.1 Å². The lowest BCUT2D eigenvalue weighted by molar-refractivity contribution is -0.122. The molecule has 2 rings (SSSR count). The lowest BCUT2D eigenvalue weighted by Gasteiger charge is -2.09. The van der Waals surface area contributed by atoms with E-state index in [4.69, 9.17) is 4.74 Å². The Hall–Kier alpha value is -2.63. The first-order chi connectivity index (χ1) is 11.1. The maximum atomic E-state index is 13.1. The molecule has 4 nitrogen and oxygen atoms in total. The van der Waals surface area contributed by atoms with Crippen LogP contribution in [0.4, 0.5) is 14.5 Å². The van der Waals surface area contributed by atoms with Crippen LogP contribution in [-0.4, -0.2) is 19.1 Å². The predicted octanol–water partition coefficient (Wildman–Crippen LogP) is 3.09. The molecule has 2 N–H and O–H groups in total. The molecule has 2 aromatic carbocycles. The summed E-state index contributed by atoms with van der Waals surface area (Å²) in [5.41, 5.74) is 1.29. The summed E-state index contributed by atoms with van der Waals surface area (Å²) in [6.07, 6.45) is 0. The molecule has 0 aliphatic carbocycles. The van der Waals surface area contributed by atoms with Crippen LogP contribution in [0.1, 0.15) is 12.5 Å². The zero-order valence-corrected chi connectivity index (χ0v) is 12.7. The highest BCUT2D eigenvalue weighted by Gasteiger charge is 2.03. The van der Waals surface area contributed by atoms with Crippen molar-refractivity contribution in [3.05, 3.63) is 59.7 Å². The van der Waals surface area contributed by atoms with Gasteiger partial charge in [-0.15, -0.1) is 0 Å². The number of likely N-dealkylation sites (N-methyl/N-ethyl adjacent to an activating group) is 1. The van der Waals surface area contributed by atoms with Gasteiger partial charge in [0.1, 0.15) is 17.4 Å². The molecule has 23 heavy (non-hydrogen) atoms. The number of halogens is 2. The van der Waals surface area contributed by atoms with E-state index in [0.717, 1.165) is 11.6 Å². The largest absolute Gasteiger partial charge is 0.484 e. The van der Waals surface area contributed by atoms with Crippen molar-refractivity contribution < 1.29 is 18.3 Å². The van der Waals surface area contributed by atoms with Crippen molar-refractivity contribution in [2.45, 2.75) is 13.5 Å². The first-order valence-electron chi connectivity index (χ1n) is 7.25. The van der Waals surface area contributed by atoms with Gasteiger partial charge in [0.15, 0.2) is 6.61 Å². The smallest absolute Gasteiger partial charge is 0.257 e. The predicted molar refractivity (Wildman–Crippen MR) is 84.3 cm³/mol. The van der Waals surface area contributed by atoms with E-state index in [1.165, 1.54) is 12.1 Å². The average Bonchev–Trinajstić information content (AvgIpc) is 2.51. The third-order valence-corrected chi connectivity index (χ3v) is 3.03. The first kappa shape index (κ1) is 16.7. The van der Waals surface area contributed by atoms with Crippen LogP contribution in [-0.2, 0) is 11.3 Å². The average molecular weight is 320 g/mol. The van der Waals surface area contributed by atoms with Gasteiger partial charge < -0.3 is 15.4 Å². The summed E-state index contributed by atoms with van der Waals surface area (Å²) in [5, 5.41) is 5.58. The number of carbonyl (C=O) groups excluding carboxylic acids is 1. The van der Waals surface area contributed by atoms with Crippen molar-refractivity contribution >= 4 is 11.6 Å². The summed E-state index contributed by atoms with van der Waals surface area (Å²) >= 11 is 0. The van der Waals surface area contributed by atoms with Crippen LogP contribution in [0.25, 0.3) is 0 Å². The molecule has 0 spiro atoms. The van der Waals surface area contributed by atoms with Gasteiger partial charge in [-0.2, -0.15) is 0 Å². The van der Waals surface area contributed by atoms with E-state index in [0.29, 0.717) is 24.5 Å². The topological polar surface area (TPSA) is 50.4 Å². The highest BCUT2D eigenvalue weighted by Crippen LogP contribution is 2.16. The summed E-state index contributed by atoms with van der Waals surface area (Å²) in [5.74, 6) is -0.841. The SMILES string of the molecule is CCNC(=O)COc1ccc(CNc2cc(F)cc(F)c2)cc1. The second-order valence-corrected chi connectivity index (χ2v) is 4.90. The number of amides is 1. The van der Waals surface area contributed by atoms with Crippen LogP contribution in [0, 0.1) is 11.6 Å². The summed E-state index contributed by atoms with van der Waals surface area (Å²) in [6, 6.07) is 10.4. The lowest BCUT2D eigenvalue weighted by atomic mass is 10.2. The Morgan fingerprint density at radius 2 is 1.74 bits per heavy atom. The van der Waals surface area contributed by atoms with Crippen LogP contribution in [0.2, 0.25) is 0 Å². The van der Waals surface area contributed by atoms with E-state index >= 15 is 0 Å². The molecule has 122 valence electrons. The van der Waals surface area contributed by atoms with Gasteiger partial charge in [0, 0.05) is 24.8 Å². The number of hydrogen-bond acceptors (Lipinski definition) is 3. The molecule has 0 bridgehead atoms. The van der Waals surface area contributed by atoms with Crippen molar-refractivity contribution in [3.63, 3.8) is 0 Å². The highest BCUT2D eigenvalue weighted by atomic mass is 19.1. The molecule has 0 unspecified atom stereocenters. The van der Waals surface area contributed by atoms with Crippen LogP contribution >= 0.6 is 0 Å². The molecule has 0 atom stereocenters. The van der Waals surface area contributed by atoms with Crippen molar-refractivity contribution in [2.24, 2.45) is 0 Å². The maximum absolute atomic E-state index is 13.1.